The maximum Gasteiger partial charge on any atom is 0.180 e. The Hall–Kier alpha value is -1.59. The minimum absolute atomic E-state index is 0.316. The topological polar surface area (TPSA) is 48.4 Å². The van der Waals surface area contributed by atoms with Gasteiger partial charge in [0.05, 0.1) is 22.8 Å². The average molecular weight is 326 g/mol. The van der Waals surface area contributed by atoms with E-state index < -0.39 is 0 Å². The van der Waals surface area contributed by atoms with Crippen LogP contribution >= 0.6 is 22.9 Å². The number of rotatable bonds is 7. The fourth-order valence-corrected chi connectivity index (χ4v) is 3.00. The number of methoxy groups -OCH3 is 1. The number of hydrogen-bond acceptors (Lipinski definition) is 5. The molecule has 0 fully saturated rings. The Morgan fingerprint density at radius 2 is 2.24 bits per heavy atom. The molecule has 21 heavy (non-hydrogen) atoms. The third kappa shape index (κ3) is 3.95. The van der Waals surface area contributed by atoms with Gasteiger partial charge < -0.3 is 9.47 Å². The van der Waals surface area contributed by atoms with Crippen molar-refractivity contribution in [3.8, 4) is 11.5 Å². The van der Waals surface area contributed by atoms with Gasteiger partial charge in [0.25, 0.3) is 0 Å². The van der Waals surface area contributed by atoms with Crippen molar-refractivity contribution < 1.29 is 14.3 Å². The van der Waals surface area contributed by atoms with E-state index in [2.05, 4.69) is 11.9 Å². The zero-order valence-electron chi connectivity index (χ0n) is 11.9. The van der Waals surface area contributed by atoms with Crippen molar-refractivity contribution >= 4 is 29.2 Å². The molecule has 0 aliphatic carbocycles. The molecule has 0 spiro atoms. The van der Waals surface area contributed by atoms with Gasteiger partial charge in [-0.3, -0.25) is 4.79 Å². The van der Waals surface area contributed by atoms with Crippen molar-refractivity contribution in [3.63, 3.8) is 0 Å². The molecule has 0 aliphatic heterocycles. The van der Waals surface area contributed by atoms with Gasteiger partial charge in [0, 0.05) is 10.9 Å². The number of aldehydes is 1. The Morgan fingerprint density at radius 1 is 1.43 bits per heavy atom. The van der Waals surface area contributed by atoms with Crippen LogP contribution in [-0.4, -0.2) is 18.4 Å². The smallest absolute Gasteiger partial charge is 0.180 e. The summed E-state index contributed by atoms with van der Waals surface area (Å²) in [5.74, 6) is 0.864. The molecule has 0 bridgehead atoms. The maximum absolute atomic E-state index is 10.8. The van der Waals surface area contributed by atoms with Crippen LogP contribution in [0.25, 0.3) is 0 Å². The summed E-state index contributed by atoms with van der Waals surface area (Å²) in [6, 6.07) is 3.15. The van der Waals surface area contributed by atoms with Gasteiger partial charge in [-0.15, -0.1) is 11.3 Å². The minimum Gasteiger partial charge on any atom is -0.493 e. The van der Waals surface area contributed by atoms with Crippen molar-refractivity contribution in [1.29, 1.82) is 0 Å². The van der Waals surface area contributed by atoms with E-state index in [1.54, 1.807) is 23.5 Å². The first-order valence-electron chi connectivity index (χ1n) is 6.56. The van der Waals surface area contributed by atoms with E-state index in [-0.39, 0.29) is 0 Å². The van der Waals surface area contributed by atoms with Crippen LogP contribution in [0.4, 0.5) is 0 Å². The van der Waals surface area contributed by atoms with Gasteiger partial charge in [0.2, 0.25) is 0 Å². The number of carbonyl (C=O) groups excluding carboxylic acids is 1. The number of aromatic nitrogens is 1. The number of carbonyl (C=O) groups is 1. The maximum atomic E-state index is 10.8. The molecule has 0 amide bonds. The van der Waals surface area contributed by atoms with E-state index in [1.165, 1.54) is 7.11 Å². The van der Waals surface area contributed by atoms with Crippen LogP contribution in [0, 0.1) is 0 Å². The van der Waals surface area contributed by atoms with Gasteiger partial charge in [-0.1, -0.05) is 18.5 Å². The van der Waals surface area contributed by atoms with Crippen LogP contribution in [0.3, 0.4) is 0 Å². The molecular formula is C15H16ClNO3S. The van der Waals surface area contributed by atoms with Crippen LogP contribution < -0.4 is 9.47 Å². The third-order valence-corrected chi connectivity index (χ3v) is 4.05. The highest BCUT2D eigenvalue weighted by molar-refractivity contribution is 7.09. The third-order valence-electron chi connectivity index (χ3n) is 2.82. The fraction of sp³-hybridized carbons (Fsp3) is 0.333. The molecule has 0 radical (unpaired) electrons. The summed E-state index contributed by atoms with van der Waals surface area (Å²) in [5, 5.41) is 3.43. The van der Waals surface area contributed by atoms with E-state index in [1.807, 2.05) is 5.38 Å². The Kier molecular flexibility index (Phi) is 5.59. The first-order chi connectivity index (χ1) is 10.2. The molecule has 0 saturated carbocycles. The quantitative estimate of drug-likeness (QED) is 0.717. The van der Waals surface area contributed by atoms with Gasteiger partial charge in [-0.25, -0.2) is 4.98 Å². The van der Waals surface area contributed by atoms with Crippen molar-refractivity contribution in [2.45, 2.75) is 26.4 Å². The summed E-state index contributed by atoms with van der Waals surface area (Å²) in [7, 11) is 1.51. The van der Waals surface area contributed by atoms with Gasteiger partial charge in [-0.05, 0) is 25.0 Å². The minimum atomic E-state index is 0.316. The predicted molar refractivity (Wildman–Crippen MR) is 83.8 cm³/mol. The summed E-state index contributed by atoms with van der Waals surface area (Å²) < 4.78 is 10.9. The lowest BCUT2D eigenvalue weighted by atomic mass is 10.2. The molecular weight excluding hydrogens is 310 g/mol. The number of thiazole rings is 1. The summed E-state index contributed by atoms with van der Waals surface area (Å²) in [6.45, 7) is 2.44. The summed E-state index contributed by atoms with van der Waals surface area (Å²) in [5.41, 5.74) is 1.31. The second-order valence-electron chi connectivity index (χ2n) is 4.42. The number of halogens is 1. The van der Waals surface area contributed by atoms with E-state index in [0.717, 1.165) is 29.8 Å². The standard InChI is InChI=1S/C15H16ClNO3S/c1-3-4-14-17-11(9-21-14)8-20-15-12(16)5-10(7-18)6-13(15)19-2/h5-7,9H,3-4,8H2,1-2H3. The molecule has 0 aliphatic rings. The number of hydrogen-bond donors (Lipinski definition) is 0. The molecule has 112 valence electrons. The summed E-state index contributed by atoms with van der Waals surface area (Å²) in [4.78, 5) is 15.3. The molecule has 0 saturated heterocycles. The SMILES string of the molecule is CCCc1nc(COc2c(Cl)cc(C=O)cc2OC)cs1. The van der Waals surface area contributed by atoms with Crippen molar-refractivity contribution in [2.75, 3.05) is 7.11 Å². The van der Waals surface area contributed by atoms with Gasteiger partial charge >= 0.3 is 0 Å². The fourth-order valence-electron chi connectivity index (χ4n) is 1.84. The van der Waals surface area contributed by atoms with Crippen LogP contribution in [-0.2, 0) is 13.0 Å². The summed E-state index contributed by atoms with van der Waals surface area (Å²) in [6.07, 6.45) is 2.76. The molecule has 1 heterocycles. The largest absolute Gasteiger partial charge is 0.493 e. The Morgan fingerprint density at radius 3 is 2.90 bits per heavy atom. The van der Waals surface area contributed by atoms with Crippen molar-refractivity contribution in [2.24, 2.45) is 0 Å². The molecule has 0 atom stereocenters. The lowest BCUT2D eigenvalue weighted by molar-refractivity contribution is 0.112. The van der Waals surface area contributed by atoms with Crippen LogP contribution in [0.5, 0.6) is 11.5 Å². The zero-order chi connectivity index (χ0) is 15.2. The van der Waals surface area contributed by atoms with Gasteiger partial charge in [0.1, 0.15) is 12.9 Å². The normalized spacial score (nSPS) is 10.4. The monoisotopic (exact) mass is 325 g/mol. The molecule has 2 aromatic rings. The first kappa shape index (κ1) is 15.8. The molecule has 2 rings (SSSR count). The Labute approximate surface area is 132 Å². The second-order valence-corrected chi connectivity index (χ2v) is 5.77. The number of benzene rings is 1. The van der Waals surface area contributed by atoms with Gasteiger partial charge in [0.15, 0.2) is 11.5 Å². The Balaban J connectivity index is 2.13. The van der Waals surface area contributed by atoms with Crippen LogP contribution in [0.1, 0.15) is 34.4 Å². The number of aryl methyl sites for hydroxylation is 1. The number of ether oxygens (including phenoxy) is 2. The highest BCUT2D eigenvalue weighted by Gasteiger charge is 2.13. The van der Waals surface area contributed by atoms with E-state index >= 15 is 0 Å². The zero-order valence-corrected chi connectivity index (χ0v) is 13.5. The predicted octanol–water partition coefficient (Wildman–Crippen LogP) is 4.15. The lowest BCUT2D eigenvalue weighted by Crippen LogP contribution is -2.00. The summed E-state index contributed by atoms with van der Waals surface area (Å²) >= 11 is 7.76. The van der Waals surface area contributed by atoms with Crippen molar-refractivity contribution in [3.05, 3.63) is 38.8 Å². The van der Waals surface area contributed by atoms with Crippen LogP contribution in [0.2, 0.25) is 5.02 Å². The number of nitrogens with zero attached hydrogens (tertiary/aromatic N) is 1. The van der Waals surface area contributed by atoms with E-state index in [4.69, 9.17) is 21.1 Å². The lowest BCUT2D eigenvalue weighted by Gasteiger charge is -2.12. The molecule has 6 heteroatoms. The van der Waals surface area contributed by atoms with Crippen molar-refractivity contribution in [1.82, 2.24) is 4.98 Å². The molecule has 1 aromatic carbocycles. The molecule has 4 nitrogen and oxygen atoms in total. The highest BCUT2D eigenvalue weighted by atomic mass is 35.5. The van der Waals surface area contributed by atoms with E-state index in [0.29, 0.717) is 28.7 Å². The second kappa shape index (κ2) is 7.43. The average Bonchev–Trinajstić information content (AvgIpc) is 2.93. The molecule has 1 aromatic heterocycles. The van der Waals surface area contributed by atoms with Gasteiger partial charge in [-0.2, -0.15) is 0 Å². The molecule has 0 unspecified atom stereocenters. The Bertz CT molecular complexity index is 627. The van der Waals surface area contributed by atoms with E-state index in [9.17, 15) is 4.79 Å². The van der Waals surface area contributed by atoms with Crippen LogP contribution in [0.15, 0.2) is 17.5 Å². The molecule has 0 N–H and O–H groups in total. The first-order valence-corrected chi connectivity index (χ1v) is 7.82. The highest BCUT2D eigenvalue weighted by Crippen LogP contribution is 2.36.